The third-order valence-electron chi connectivity index (χ3n) is 9.45. The third kappa shape index (κ3) is 49.7. The van der Waals surface area contributed by atoms with Crippen LogP contribution in [-0.2, 0) is 56.8 Å². The van der Waals surface area contributed by atoms with Gasteiger partial charge >= 0.3 is 14.5 Å². The molecule has 0 unspecified atom stereocenters. The summed E-state index contributed by atoms with van der Waals surface area (Å²) in [6, 6.07) is 13.0. The van der Waals surface area contributed by atoms with Gasteiger partial charge in [0.05, 0.1) is 159 Å². The molecular formula is C48H88B2F8N2O12. The maximum Gasteiger partial charge on any atom is 0.673 e. The highest BCUT2D eigenvalue weighted by atomic mass is 19.5. The van der Waals surface area contributed by atoms with Crippen molar-refractivity contribution in [3.8, 4) is 0 Å². The van der Waals surface area contributed by atoms with Gasteiger partial charge in [-0.3, -0.25) is 0 Å². The van der Waals surface area contributed by atoms with Crippen LogP contribution in [-0.4, -0.2) is 173 Å². The molecule has 2 fully saturated rings. The molecule has 2 aromatic carbocycles. The maximum absolute atomic E-state index is 9.75. The van der Waals surface area contributed by atoms with Gasteiger partial charge in [0, 0.05) is 22.3 Å². The Balaban J connectivity index is 0. The van der Waals surface area contributed by atoms with Gasteiger partial charge in [0.1, 0.15) is 11.4 Å². The summed E-state index contributed by atoms with van der Waals surface area (Å²) in [5, 5.41) is 0. The topological polar surface area (TPSA) is 166 Å². The fourth-order valence-corrected chi connectivity index (χ4v) is 6.05. The zero-order valence-electron chi connectivity index (χ0n) is 44.2. The molecule has 2 heterocycles. The van der Waals surface area contributed by atoms with Gasteiger partial charge in [-0.25, -0.2) is 0 Å². The van der Waals surface area contributed by atoms with Gasteiger partial charge in [0.15, 0.2) is 0 Å². The van der Waals surface area contributed by atoms with Gasteiger partial charge in [0.2, 0.25) is 0 Å². The van der Waals surface area contributed by atoms with Crippen LogP contribution in [0.2, 0.25) is 0 Å². The van der Waals surface area contributed by atoms with Crippen molar-refractivity contribution < 1.29 is 103 Å². The zero-order chi connectivity index (χ0) is 54.5. The molecule has 424 valence electrons. The minimum absolute atomic E-state index is 0.575. The summed E-state index contributed by atoms with van der Waals surface area (Å²) in [5.74, 6) is 2.30. The standard InChI is InChI=1S/2C12H19N.2C12H24O6.2BF4/c2*1-8(2)10-6-5-7-11(9(3)4)12(10)13;2*1-2-14-5-6-16-9-10-18-12-11-17-8-7-15-4-3-13-1;2*2-1(3,4)5/h2*5-9H,13H2,1-4H3;2*1-12H2;;/q;;;;2*-1/p+2. The van der Waals surface area contributed by atoms with E-state index in [4.69, 9.17) is 56.8 Å². The Morgan fingerprint density at radius 2 is 0.375 bits per heavy atom. The number of benzene rings is 2. The van der Waals surface area contributed by atoms with Crippen molar-refractivity contribution in [2.45, 2.75) is 79.1 Å². The first kappa shape index (κ1) is 71.5. The van der Waals surface area contributed by atoms with E-state index in [1.807, 2.05) is 0 Å². The van der Waals surface area contributed by atoms with E-state index in [1.54, 1.807) is 0 Å². The van der Waals surface area contributed by atoms with Crippen molar-refractivity contribution in [1.82, 2.24) is 0 Å². The summed E-state index contributed by atoms with van der Waals surface area (Å²) >= 11 is 0. The summed E-state index contributed by atoms with van der Waals surface area (Å²) < 4.78 is 142. The maximum atomic E-state index is 9.75. The summed E-state index contributed by atoms with van der Waals surface area (Å²) in [6.07, 6.45) is 0. The molecular weight excluding hydrogens is 970 g/mol. The van der Waals surface area contributed by atoms with Crippen LogP contribution in [0.5, 0.6) is 0 Å². The molecule has 0 amide bonds. The van der Waals surface area contributed by atoms with Crippen molar-refractivity contribution in [3.05, 3.63) is 58.7 Å². The molecule has 0 aromatic heterocycles. The van der Waals surface area contributed by atoms with E-state index in [2.05, 4.69) is 103 Å². The first-order chi connectivity index (χ1) is 34.1. The van der Waals surface area contributed by atoms with Crippen LogP contribution < -0.4 is 11.5 Å². The highest BCUT2D eigenvalue weighted by Crippen LogP contribution is 2.29. The molecule has 2 aromatic rings. The van der Waals surface area contributed by atoms with E-state index in [1.165, 1.54) is 33.6 Å². The number of hydrogen-bond donors (Lipinski definition) is 2. The quantitative estimate of drug-likeness (QED) is 0.222. The van der Waals surface area contributed by atoms with Crippen molar-refractivity contribution >= 4 is 25.9 Å². The van der Waals surface area contributed by atoms with E-state index in [-0.39, 0.29) is 0 Å². The van der Waals surface area contributed by atoms with Gasteiger partial charge in [-0.05, 0) is 23.7 Å². The minimum atomic E-state index is -6.00. The fraction of sp³-hybridized carbons (Fsp3) is 0.750. The van der Waals surface area contributed by atoms with E-state index in [0.717, 1.165) is 0 Å². The van der Waals surface area contributed by atoms with Gasteiger partial charge in [-0.2, -0.15) is 0 Å². The summed E-state index contributed by atoms with van der Waals surface area (Å²) in [4.78, 5) is 0. The lowest BCUT2D eigenvalue weighted by Gasteiger charge is -2.12. The predicted octanol–water partition coefficient (Wildman–Crippen LogP) is 8.41. The highest BCUT2D eigenvalue weighted by Gasteiger charge is 2.21. The fourth-order valence-electron chi connectivity index (χ4n) is 6.05. The van der Waals surface area contributed by atoms with Crippen molar-refractivity contribution in [3.63, 3.8) is 0 Å². The Kier molecular flexibility index (Phi) is 46.6. The molecule has 4 rings (SSSR count). The smallest absolute Gasteiger partial charge is 0.418 e. The van der Waals surface area contributed by atoms with Crippen molar-refractivity contribution in [2.24, 2.45) is 0 Å². The monoisotopic (exact) mass is 1060 g/mol. The normalized spacial score (nSPS) is 17.8. The number of hydrogen-bond acceptors (Lipinski definition) is 12. The molecule has 2 aliphatic rings. The average Bonchev–Trinajstić information content (AvgIpc) is 3.28. The van der Waals surface area contributed by atoms with Crippen LogP contribution in [0.15, 0.2) is 36.4 Å². The Hall–Kier alpha value is -2.55. The lowest BCUT2D eigenvalue weighted by molar-refractivity contribution is -0.257. The second kappa shape index (κ2) is 46.9. The van der Waals surface area contributed by atoms with Crippen LogP contribution >= 0.6 is 0 Å². The number of quaternary nitrogens is 2. The first-order valence-electron chi connectivity index (χ1n) is 24.6. The average molecular weight is 1060 g/mol. The van der Waals surface area contributed by atoms with Crippen LogP contribution in [0.4, 0.5) is 45.9 Å². The van der Waals surface area contributed by atoms with Gasteiger partial charge in [-0.1, -0.05) is 91.8 Å². The van der Waals surface area contributed by atoms with Gasteiger partial charge in [-0.15, -0.1) is 0 Å². The van der Waals surface area contributed by atoms with Crippen LogP contribution in [0, 0.1) is 0 Å². The van der Waals surface area contributed by atoms with Crippen LogP contribution in [0.1, 0.15) is 101 Å². The third-order valence-corrected chi connectivity index (χ3v) is 9.45. The molecule has 24 heteroatoms. The molecule has 0 aliphatic carbocycles. The second-order valence-corrected chi connectivity index (χ2v) is 16.8. The van der Waals surface area contributed by atoms with Crippen molar-refractivity contribution in [2.75, 3.05) is 159 Å². The minimum Gasteiger partial charge on any atom is -0.418 e. The molecule has 0 spiro atoms. The number of rotatable bonds is 4. The zero-order valence-corrected chi connectivity index (χ0v) is 44.2. The van der Waals surface area contributed by atoms with Gasteiger partial charge in [0.25, 0.3) is 0 Å². The largest absolute Gasteiger partial charge is 0.673 e. The Labute approximate surface area is 424 Å². The molecule has 0 bridgehead atoms. The molecule has 0 atom stereocenters. The Morgan fingerprint density at radius 3 is 0.458 bits per heavy atom. The van der Waals surface area contributed by atoms with E-state index in [9.17, 15) is 34.5 Å². The summed E-state index contributed by atoms with van der Waals surface area (Å²) in [5.41, 5.74) is 16.3. The predicted molar refractivity (Wildman–Crippen MR) is 265 cm³/mol. The van der Waals surface area contributed by atoms with Crippen LogP contribution in [0.3, 0.4) is 0 Å². The lowest BCUT2D eigenvalue weighted by atomic mass is 9.93. The van der Waals surface area contributed by atoms with E-state index >= 15 is 0 Å². The van der Waals surface area contributed by atoms with Crippen molar-refractivity contribution in [1.29, 1.82) is 0 Å². The SMILES string of the molecule is C1COCCOCCOCCOCCOCCO1.C1COCCOCCOCCOCCOCCO1.CC(C)c1cccc(C(C)C)c1[NH3+].CC(C)c1cccc(C(C)C)c1[NH3+].F[B-](F)(F)F.F[B-](F)(F)F. The molecule has 72 heavy (non-hydrogen) atoms. The molecule has 0 radical (unpaired) electrons. The molecule has 14 nitrogen and oxygen atoms in total. The number of halogens is 8. The lowest BCUT2D eigenvalue weighted by Crippen LogP contribution is -2.43. The Bertz CT molecular complexity index is 1200. The number of ether oxygens (including phenoxy) is 12. The molecule has 0 saturated carbocycles. The van der Waals surface area contributed by atoms with Crippen LogP contribution in [0.25, 0.3) is 0 Å². The first-order valence-corrected chi connectivity index (χ1v) is 24.6. The molecule has 2 aliphatic heterocycles. The van der Waals surface area contributed by atoms with Gasteiger partial charge < -0.3 is 103 Å². The Morgan fingerprint density at radius 1 is 0.278 bits per heavy atom. The second-order valence-electron chi connectivity index (χ2n) is 16.8. The summed E-state index contributed by atoms with van der Waals surface area (Å²) in [7, 11) is -12.0. The highest BCUT2D eigenvalue weighted by molar-refractivity contribution is 6.50. The molecule has 6 N–H and O–H groups in total. The summed E-state index contributed by atoms with van der Waals surface area (Å²) in [6.45, 7) is 31.8. The van der Waals surface area contributed by atoms with E-state index in [0.29, 0.717) is 182 Å². The molecule has 2 saturated heterocycles. The van der Waals surface area contributed by atoms with E-state index < -0.39 is 14.5 Å².